The highest BCUT2D eigenvalue weighted by Crippen LogP contribution is 1.93. The van der Waals surface area contributed by atoms with Gasteiger partial charge in [0.1, 0.15) is 6.61 Å². The minimum Gasteiger partial charge on any atom is -0.498 e. The Labute approximate surface area is 83.7 Å². The van der Waals surface area contributed by atoms with Gasteiger partial charge in [0.25, 0.3) is 0 Å². The number of rotatable bonds is 0. The van der Waals surface area contributed by atoms with Gasteiger partial charge in [-0.2, -0.15) is 0 Å². The van der Waals surface area contributed by atoms with Gasteiger partial charge in [-0.3, -0.25) is 0 Å². The van der Waals surface area contributed by atoms with E-state index in [1.807, 2.05) is 0 Å². The van der Waals surface area contributed by atoms with Crippen molar-refractivity contribution >= 4 is 9.84 Å². The topological polar surface area (TPSA) is 67.4 Å². The molecule has 2 aliphatic rings. The molecule has 0 amide bonds. The summed E-state index contributed by atoms with van der Waals surface area (Å²) in [7, 11) is -2.83. The van der Waals surface area contributed by atoms with Gasteiger partial charge < -0.3 is 15.4 Å². The Bertz CT molecular complexity index is 301. The van der Waals surface area contributed by atoms with Gasteiger partial charge in [0.2, 0.25) is 0 Å². The number of hydrogen-bond donors (Lipinski definition) is 2. The molecule has 2 heterocycles. The highest BCUT2D eigenvalue weighted by Gasteiger charge is 2.07. The van der Waals surface area contributed by atoms with Crippen molar-refractivity contribution in [1.29, 1.82) is 0 Å². The zero-order valence-corrected chi connectivity index (χ0v) is 8.59. The van der Waals surface area contributed by atoms with Crippen molar-refractivity contribution in [3.63, 3.8) is 0 Å². The third kappa shape index (κ3) is 4.76. The summed E-state index contributed by atoms with van der Waals surface area (Å²) in [6.45, 7) is 2.28. The van der Waals surface area contributed by atoms with Gasteiger partial charge >= 0.3 is 0 Å². The van der Waals surface area contributed by atoms with Crippen LogP contribution in [0.25, 0.3) is 0 Å². The monoisotopic (exact) mass is 218 g/mol. The van der Waals surface area contributed by atoms with Crippen molar-refractivity contribution in [3.8, 4) is 0 Å². The van der Waals surface area contributed by atoms with Crippen LogP contribution in [0.1, 0.15) is 0 Å². The lowest BCUT2D eigenvalue weighted by atomic mass is 10.6. The molecule has 0 aromatic rings. The summed E-state index contributed by atoms with van der Waals surface area (Å²) in [5.41, 5.74) is 0. The fraction of sp³-hybridized carbons (Fsp3) is 0.500. The molecule has 0 aliphatic carbocycles. The molecule has 0 aromatic heterocycles. The molecule has 0 radical (unpaired) electrons. The van der Waals surface area contributed by atoms with E-state index in [0.717, 1.165) is 13.2 Å². The van der Waals surface area contributed by atoms with E-state index in [1.54, 1.807) is 12.5 Å². The first-order chi connectivity index (χ1) is 6.71. The van der Waals surface area contributed by atoms with Gasteiger partial charge in [0, 0.05) is 30.9 Å². The molecule has 0 bridgehead atoms. The Morgan fingerprint density at radius 1 is 1.14 bits per heavy atom. The van der Waals surface area contributed by atoms with Crippen molar-refractivity contribution in [2.75, 3.05) is 25.4 Å². The summed E-state index contributed by atoms with van der Waals surface area (Å²) in [5.74, 6) is 0.226. The molecule has 6 heteroatoms. The molecule has 2 aliphatic heterocycles. The Balaban J connectivity index is 0.000000146. The normalized spacial score (nSPS) is 22.0. The van der Waals surface area contributed by atoms with Gasteiger partial charge in [0.15, 0.2) is 9.84 Å². The van der Waals surface area contributed by atoms with Crippen LogP contribution in [-0.4, -0.2) is 33.9 Å². The summed E-state index contributed by atoms with van der Waals surface area (Å²) >= 11 is 0. The smallest absolute Gasteiger partial charge is 0.174 e. The molecule has 0 saturated carbocycles. The lowest BCUT2D eigenvalue weighted by Crippen LogP contribution is -2.22. The van der Waals surface area contributed by atoms with Crippen LogP contribution >= 0.6 is 0 Å². The maximum absolute atomic E-state index is 10.5. The van der Waals surface area contributed by atoms with Crippen LogP contribution in [-0.2, 0) is 14.6 Å². The molecule has 80 valence electrons. The van der Waals surface area contributed by atoms with E-state index < -0.39 is 9.84 Å². The van der Waals surface area contributed by atoms with Crippen LogP contribution in [0, 0.1) is 0 Å². The van der Waals surface area contributed by atoms with E-state index in [4.69, 9.17) is 4.74 Å². The average Bonchev–Trinajstić information content (AvgIpc) is 2.21. The van der Waals surface area contributed by atoms with Crippen LogP contribution < -0.4 is 10.6 Å². The van der Waals surface area contributed by atoms with Gasteiger partial charge in [0.05, 0.1) is 12.0 Å². The average molecular weight is 218 g/mol. The van der Waals surface area contributed by atoms with E-state index in [9.17, 15) is 8.42 Å². The third-order valence-electron chi connectivity index (χ3n) is 1.57. The van der Waals surface area contributed by atoms with Crippen molar-refractivity contribution < 1.29 is 13.2 Å². The Kier molecular flexibility index (Phi) is 4.31. The number of sulfone groups is 1. The molecule has 0 aromatic carbocycles. The second kappa shape index (κ2) is 5.54. The molecular formula is C8H14N2O3S. The molecular weight excluding hydrogens is 204 g/mol. The zero-order chi connectivity index (χ0) is 10.3. The van der Waals surface area contributed by atoms with Crippen molar-refractivity contribution in [1.82, 2.24) is 10.6 Å². The Morgan fingerprint density at radius 2 is 1.93 bits per heavy atom. The van der Waals surface area contributed by atoms with Crippen LogP contribution in [0.2, 0.25) is 0 Å². The van der Waals surface area contributed by atoms with Crippen molar-refractivity contribution in [3.05, 3.63) is 24.1 Å². The first kappa shape index (κ1) is 10.9. The molecule has 2 rings (SSSR count). The summed E-state index contributed by atoms with van der Waals surface area (Å²) < 4.78 is 25.9. The van der Waals surface area contributed by atoms with Crippen LogP contribution in [0.3, 0.4) is 0 Å². The molecule has 2 N–H and O–H groups in total. The number of hydrogen-bond acceptors (Lipinski definition) is 5. The summed E-state index contributed by atoms with van der Waals surface area (Å²) in [6, 6.07) is 0. The summed E-state index contributed by atoms with van der Waals surface area (Å²) in [6.07, 6.45) is 4.91. The standard InChI is InChI=1S/C4H7NO2S.C4H7NO/c6-8(7)3-1-5-2-4-8;1-3-6-4-2-5-1/h1,3,5H,2,4H2;1,3,5H,2,4H2. The lowest BCUT2D eigenvalue weighted by molar-refractivity contribution is 0.236. The lowest BCUT2D eigenvalue weighted by Gasteiger charge is -2.05. The molecule has 14 heavy (non-hydrogen) atoms. The molecule has 5 nitrogen and oxygen atoms in total. The SMILES string of the molecule is C1=COCCN1.O=S1(=O)C=CNCC1. The summed E-state index contributed by atoms with van der Waals surface area (Å²) in [5, 5.41) is 6.95. The molecule has 0 spiro atoms. The second-order valence-corrected chi connectivity index (χ2v) is 4.76. The minimum atomic E-state index is -2.83. The largest absolute Gasteiger partial charge is 0.498 e. The highest BCUT2D eigenvalue weighted by atomic mass is 32.2. The van der Waals surface area contributed by atoms with Gasteiger partial charge in [-0.25, -0.2) is 8.42 Å². The molecule has 0 unspecified atom stereocenters. The highest BCUT2D eigenvalue weighted by molar-refractivity contribution is 7.94. The first-order valence-electron chi connectivity index (χ1n) is 4.33. The fourth-order valence-corrected chi connectivity index (χ4v) is 1.71. The number of nitrogens with one attached hydrogen (secondary N) is 2. The Hall–Kier alpha value is -1.17. The molecule has 0 atom stereocenters. The van der Waals surface area contributed by atoms with Crippen LogP contribution in [0.4, 0.5) is 0 Å². The quantitative estimate of drug-likeness (QED) is 0.576. The Morgan fingerprint density at radius 3 is 2.14 bits per heavy atom. The van der Waals surface area contributed by atoms with E-state index in [2.05, 4.69) is 10.6 Å². The summed E-state index contributed by atoms with van der Waals surface area (Å²) in [4.78, 5) is 0. The predicted octanol–water partition coefficient (Wildman–Crippen LogP) is -0.447. The predicted molar refractivity (Wildman–Crippen MR) is 54.0 cm³/mol. The van der Waals surface area contributed by atoms with E-state index in [1.165, 1.54) is 11.6 Å². The second-order valence-electron chi connectivity index (χ2n) is 2.75. The molecule has 0 saturated heterocycles. The van der Waals surface area contributed by atoms with Gasteiger partial charge in [-0.15, -0.1) is 0 Å². The fourth-order valence-electron chi connectivity index (χ4n) is 0.870. The van der Waals surface area contributed by atoms with E-state index >= 15 is 0 Å². The van der Waals surface area contributed by atoms with Crippen molar-refractivity contribution in [2.24, 2.45) is 0 Å². The van der Waals surface area contributed by atoms with Crippen molar-refractivity contribution in [2.45, 2.75) is 0 Å². The van der Waals surface area contributed by atoms with E-state index in [-0.39, 0.29) is 5.75 Å². The van der Waals surface area contributed by atoms with E-state index in [0.29, 0.717) is 6.54 Å². The van der Waals surface area contributed by atoms with Gasteiger partial charge in [-0.1, -0.05) is 0 Å². The molecule has 0 fully saturated rings. The minimum absolute atomic E-state index is 0.226. The maximum Gasteiger partial charge on any atom is 0.174 e. The maximum atomic E-state index is 10.5. The van der Waals surface area contributed by atoms with Crippen LogP contribution in [0.15, 0.2) is 24.1 Å². The first-order valence-corrected chi connectivity index (χ1v) is 6.05. The third-order valence-corrected chi connectivity index (χ3v) is 2.89. The van der Waals surface area contributed by atoms with Crippen LogP contribution in [0.5, 0.6) is 0 Å². The zero-order valence-electron chi connectivity index (χ0n) is 7.77. The number of ether oxygens (including phenoxy) is 1. The van der Waals surface area contributed by atoms with Gasteiger partial charge in [-0.05, 0) is 0 Å².